The number of benzene rings is 2. The summed E-state index contributed by atoms with van der Waals surface area (Å²) in [5, 5.41) is 4.40. The molecule has 4 N–H and O–H groups in total. The van der Waals surface area contributed by atoms with E-state index in [-0.39, 0.29) is 11.1 Å². The summed E-state index contributed by atoms with van der Waals surface area (Å²) in [6, 6.07) is 11.5. The number of carbonyl (C=O) groups excluding carboxylic acids is 1. The highest BCUT2D eigenvalue weighted by atomic mass is 19.1. The van der Waals surface area contributed by atoms with Gasteiger partial charge in [-0.1, -0.05) is 24.8 Å². The lowest BCUT2D eigenvalue weighted by Gasteiger charge is -2.17. The average Bonchev–Trinajstić information content (AvgIpc) is 3.10. The zero-order valence-electron chi connectivity index (χ0n) is 18.5. The van der Waals surface area contributed by atoms with Crippen LogP contribution in [0, 0.1) is 5.82 Å². The Morgan fingerprint density at radius 1 is 1.22 bits per heavy atom. The fourth-order valence-electron chi connectivity index (χ4n) is 3.29. The Morgan fingerprint density at radius 3 is 2.53 bits per heavy atom. The number of hydrogen-bond acceptors (Lipinski definition) is 6. The van der Waals surface area contributed by atoms with Crippen LogP contribution in [0.4, 0.5) is 10.2 Å². The summed E-state index contributed by atoms with van der Waals surface area (Å²) in [5.74, 6) is -0.132. The molecule has 1 heterocycles. The second kappa shape index (κ2) is 8.97. The molecule has 3 rings (SSSR count). The van der Waals surface area contributed by atoms with Gasteiger partial charge in [0.15, 0.2) is 0 Å². The van der Waals surface area contributed by atoms with Gasteiger partial charge in [0, 0.05) is 38.3 Å². The average molecular weight is 436 g/mol. The van der Waals surface area contributed by atoms with E-state index in [2.05, 4.69) is 11.7 Å². The fraction of sp³-hybridized carbons (Fsp3) is 0.167. The van der Waals surface area contributed by atoms with Crippen molar-refractivity contribution in [3.05, 3.63) is 77.9 Å². The lowest BCUT2D eigenvalue weighted by molar-refractivity contribution is 0.0601. The van der Waals surface area contributed by atoms with Gasteiger partial charge in [-0.05, 0) is 41.0 Å². The van der Waals surface area contributed by atoms with Gasteiger partial charge in [-0.2, -0.15) is 5.10 Å². The van der Waals surface area contributed by atoms with Crippen molar-refractivity contribution in [2.24, 2.45) is 12.8 Å². The SMILES string of the molecule is C=C(/C=C(/N)N(C)C)c1c(F)cccc1-c1cc(-c2cc(N)n(C)n2)ccc1C(=O)OC. The molecule has 0 aliphatic carbocycles. The molecule has 0 radical (unpaired) electrons. The Kier molecular flexibility index (Phi) is 6.34. The maximum absolute atomic E-state index is 15.0. The molecule has 0 unspecified atom stereocenters. The summed E-state index contributed by atoms with van der Waals surface area (Å²) >= 11 is 0. The summed E-state index contributed by atoms with van der Waals surface area (Å²) < 4.78 is 21.5. The zero-order chi connectivity index (χ0) is 23.6. The summed E-state index contributed by atoms with van der Waals surface area (Å²) in [7, 11) is 6.58. The molecule has 0 amide bonds. The molecule has 166 valence electrons. The largest absolute Gasteiger partial charge is 0.465 e. The van der Waals surface area contributed by atoms with Gasteiger partial charge in [0.2, 0.25) is 0 Å². The minimum absolute atomic E-state index is 0.236. The summed E-state index contributed by atoms with van der Waals surface area (Å²) in [5.41, 5.74) is 15.1. The number of ether oxygens (including phenoxy) is 1. The fourth-order valence-corrected chi connectivity index (χ4v) is 3.29. The van der Waals surface area contributed by atoms with Gasteiger partial charge in [-0.15, -0.1) is 0 Å². The van der Waals surface area contributed by atoms with Gasteiger partial charge < -0.3 is 21.1 Å². The number of aryl methyl sites for hydroxylation is 1. The van der Waals surface area contributed by atoms with Crippen LogP contribution >= 0.6 is 0 Å². The zero-order valence-corrected chi connectivity index (χ0v) is 18.5. The van der Waals surface area contributed by atoms with E-state index in [0.29, 0.717) is 39.6 Å². The third kappa shape index (κ3) is 4.34. The highest BCUT2D eigenvalue weighted by Crippen LogP contribution is 2.36. The van der Waals surface area contributed by atoms with Crippen LogP contribution < -0.4 is 11.5 Å². The molecular weight excluding hydrogens is 409 g/mol. The van der Waals surface area contributed by atoms with Crippen LogP contribution in [0.5, 0.6) is 0 Å². The van der Waals surface area contributed by atoms with Crippen LogP contribution in [0.3, 0.4) is 0 Å². The number of halogens is 1. The maximum Gasteiger partial charge on any atom is 0.338 e. The van der Waals surface area contributed by atoms with Crippen LogP contribution in [0.25, 0.3) is 28.0 Å². The van der Waals surface area contributed by atoms with Gasteiger partial charge in [0.1, 0.15) is 11.6 Å². The van der Waals surface area contributed by atoms with Gasteiger partial charge in [0.05, 0.1) is 24.2 Å². The van der Waals surface area contributed by atoms with Crippen LogP contribution in [0.15, 0.2) is 60.9 Å². The Morgan fingerprint density at radius 2 is 1.94 bits per heavy atom. The van der Waals surface area contributed by atoms with E-state index in [9.17, 15) is 4.79 Å². The number of anilines is 1. The molecule has 0 aliphatic heterocycles. The quantitative estimate of drug-likeness (QED) is 0.453. The first-order valence-corrected chi connectivity index (χ1v) is 9.79. The first-order valence-electron chi connectivity index (χ1n) is 9.79. The number of esters is 1. The molecule has 8 heteroatoms. The van der Waals surface area contributed by atoms with E-state index in [1.165, 1.54) is 13.2 Å². The molecular formula is C24H26FN5O2. The minimum Gasteiger partial charge on any atom is -0.465 e. The first-order chi connectivity index (χ1) is 15.1. The molecule has 7 nitrogen and oxygen atoms in total. The molecule has 2 aromatic carbocycles. The second-order valence-corrected chi connectivity index (χ2v) is 7.48. The minimum atomic E-state index is -0.545. The highest BCUT2D eigenvalue weighted by molar-refractivity contribution is 6.00. The predicted molar refractivity (Wildman–Crippen MR) is 125 cm³/mol. The van der Waals surface area contributed by atoms with Gasteiger partial charge in [-0.3, -0.25) is 4.68 Å². The van der Waals surface area contributed by atoms with Gasteiger partial charge >= 0.3 is 5.97 Å². The molecule has 0 bridgehead atoms. The second-order valence-electron chi connectivity index (χ2n) is 7.48. The van der Waals surface area contributed by atoms with Crippen molar-refractivity contribution < 1.29 is 13.9 Å². The molecule has 0 spiro atoms. The number of nitrogens with zero attached hydrogens (tertiary/aromatic N) is 3. The van der Waals surface area contributed by atoms with Crippen molar-refractivity contribution in [3.63, 3.8) is 0 Å². The van der Waals surface area contributed by atoms with Gasteiger partial charge in [0.25, 0.3) is 0 Å². The van der Waals surface area contributed by atoms with E-state index in [1.807, 2.05) is 0 Å². The van der Waals surface area contributed by atoms with Crippen molar-refractivity contribution in [1.82, 2.24) is 14.7 Å². The highest BCUT2D eigenvalue weighted by Gasteiger charge is 2.20. The lowest BCUT2D eigenvalue weighted by Crippen LogP contribution is -2.18. The van der Waals surface area contributed by atoms with E-state index in [4.69, 9.17) is 16.2 Å². The van der Waals surface area contributed by atoms with Crippen LogP contribution in [-0.2, 0) is 11.8 Å². The van der Waals surface area contributed by atoms with Crippen LogP contribution in [0.2, 0.25) is 0 Å². The molecule has 1 aromatic heterocycles. The molecule has 32 heavy (non-hydrogen) atoms. The van der Waals surface area contributed by atoms with Crippen LogP contribution in [-0.4, -0.2) is 41.9 Å². The number of carbonyl (C=O) groups is 1. The lowest BCUT2D eigenvalue weighted by atomic mass is 9.90. The normalized spacial score (nSPS) is 11.3. The third-order valence-corrected chi connectivity index (χ3v) is 5.10. The van der Waals surface area contributed by atoms with Crippen molar-refractivity contribution >= 4 is 17.4 Å². The van der Waals surface area contributed by atoms with Gasteiger partial charge in [-0.25, -0.2) is 9.18 Å². The molecule has 0 aliphatic rings. The summed E-state index contributed by atoms with van der Waals surface area (Å²) in [4.78, 5) is 14.2. The smallest absolute Gasteiger partial charge is 0.338 e. The number of aromatic nitrogens is 2. The standard InChI is InChI=1S/C24H26FN5O2/c1-14(11-21(26)29(2)3)23-16(7-6-8-19(23)25)18-12-15(9-10-17(18)24(31)32-5)20-13-22(27)30(4)28-20/h6-13H,1,26-27H2,2-5H3/b21-11-. The summed E-state index contributed by atoms with van der Waals surface area (Å²) in [6.07, 6.45) is 1.59. The van der Waals surface area contributed by atoms with E-state index in [0.717, 1.165) is 0 Å². The topological polar surface area (TPSA) is 99.4 Å². The molecule has 0 saturated heterocycles. The molecule has 0 saturated carbocycles. The maximum atomic E-state index is 15.0. The number of rotatable bonds is 6. The monoisotopic (exact) mass is 435 g/mol. The Labute approximate surface area is 186 Å². The Hall–Kier alpha value is -4.07. The third-order valence-electron chi connectivity index (χ3n) is 5.10. The Bertz CT molecular complexity index is 1210. The number of hydrogen-bond donors (Lipinski definition) is 2. The van der Waals surface area contributed by atoms with E-state index >= 15 is 4.39 Å². The predicted octanol–water partition coefficient (Wildman–Crippen LogP) is 3.64. The number of allylic oxidation sites excluding steroid dienone is 2. The summed E-state index contributed by atoms with van der Waals surface area (Å²) in [6.45, 7) is 4.01. The van der Waals surface area contributed by atoms with Crippen molar-refractivity contribution in [2.45, 2.75) is 0 Å². The number of nitrogens with two attached hydrogens (primary N) is 2. The first kappa shape index (κ1) is 22.6. The molecule has 0 fully saturated rings. The van der Waals surface area contributed by atoms with Crippen LogP contribution in [0.1, 0.15) is 15.9 Å². The molecule has 3 aromatic rings. The number of nitrogen functional groups attached to an aromatic ring is 1. The van der Waals surface area contributed by atoms with E-state index < -0.39 is 11.8 Å². The molecule has 0 atom stereocenters. The number of methoxy groups -OCH3 is 1. The van der Waals surface area contributed by atoms with Crippen molar-refractivity contribution in [2.75, 3.05) is 26.9 Å². The van der Waals surface area contributed by atoms with Crippen molar-refractivity contribution in [1.29, 1.82) is 0 Å². The van der Waals surface area contributed by atoms with E-state index in [1.54, 1.807) is 73.2 Å². The Balaban J connectivity index is 2.27. The van der Waals surface area contributed by atoms with Crippen molar-refractivity contribution in [3.8, 4) is 22.4 Å².